The Bertz CT molecular complexity index is 606. The number of nitrogens with zero attached hydrogens (tertiary/aromatic N) is 1. The Morgan fingerprint density at radius 1 is 1.17 bits per heavy atom. The molecule has 0 aromatic heterocycles. The third-order valence-corrected chi connectivity index (χ3v) is 3.63. The lowest BCUT2D eigenvalue weighted by Gasteiger charge is -2.25. The fourth-order valence-corrected chi connectivity index (χ4v) is 2.54. The third kappa shape index (κ3) is 4.81. The van der Waals surface area contributed by atoms with Gasteiger partial charge >= 0.3 is 17.8 Å². The molecule has 1 saturated heterocycles. The largest absolute Gasteiger partial charge is 0.460 e. The summed E-state index contributed by atoms with van der Waals surface area (Å²) in [6.45, 7) is 5.66. The zero-order chi connectivity index (χ0) is 17.7. The maximum atomic E-state index is 12.3. The molecule has 6 heteroatoms. The van der Waals surface area contributed by atoms with E-state index in [1.54, 1.807) is 45.0 Å². The predicted molar refractivity (Wildman–Crippen MR) is 87.3 cm³/mol. The van der Waals surface area contributed by atoms with Gasteiger partial charge in [-0.1, -0.05) is 18.2 Å². The minimum absolute atomic E-state index is 0.0717. The number of hydrogen-bond donors (Lipinski definition) is 0. The SMILES string of the molecule is CC(C)(C)OC(=O)C(=O)N1CCCC1COC(=O)c1ccccc1. The van der Waals surface area contributed by atoms with Crippen LogP contribution in [-0.2, 0) is 19.1 Å². The molecule has 1 fully saturated rings. The number of hydrogen-bond acceptors (Lipinski definition) is 5. The van der Waals surface area contributed by atoms with Crippen LogP contribution in [0.15, 0.2) is 30.3 Å². The number of amides is 1. The smallest absolute Gasteiger partial charge is 0.397 e. The summed E-state index contributed by atoms with van der Waals surface area (Å²) in [6, 6.07) is 8.36. The molecule has 0 N–H and O–H groups in total. The summed E-state index contributed by atoms with van der Waals surface area (Å²) in [6.07, 6.45) is 1.46. The fraction of sp³-hybridized carbons (Fsp3) is 0.500. The van der Waals surface area contributed by atoms with Crippen LogP contribution in [0.25, 0.3) is 0 Å². The highest BCUT2D eigenvalue weighted by Gasteiger charge is 2.35. The molecular weight excluding hydrogens is 310 g/mol. The van der Waals surface area contributed by atoms with Crippen molar-refractivity contribution >= 4 is 17.8 Å². The van der Waals surface area contributed by atoms with Crippen LogP contribution in [0.5, 0.6) is 0 Å². The van der Waals surface area contributed by atoms with Crippen LogP contribution in [0.1, 0.15) is 44.0 Å². The molecule has 24 heavy (non-hydrogen) atoms. The molecule has 0 saturated carbocycles. The molecule has 1 atom stereocenters. The van der Waals surface area contributed by atoms with E-state index in [1.165, 1.54) is 4.90 Å². The van der Waals surface area contributed by atoms with E-state index in [-0.39, 0.29) is 12.6 Å². The van der Waals surface area contributed by atoms with Gasteiger partial charge in [-0.05, 0) is 45.7 Å². The van der Waals surface area contributed by atoms with E-state index < -0.39 is 23.4 Å². The van der Waals surface area contributed by atoms with Crippen molar-refractivity contribution in [3.63, 3.8) is 0 Å². The zero-order valence-electron chi connectivity index (χ0n) is 14.3. The van der Waals surface area contributed by atoms with Gasteiger partial charge in [-0.25, -0.2) is 9.59 Å². The van der Waals surface area contributed by atoms with E-state index in [2.05, 4.69) is 0 Å². The quantitative estimate of drug-likeness (QED) is 0.626. The van der Waals surface area contributed by atoms with Crippen LogP contribution < -0.4 is 0 Å². The average Bonchev–Trinajstić information content (AvgIpc) is 2.99. The number of esters is 2. The lowest BCUT2D eigenvalue weighted by atomic mass is 10.2. The molecule has 1 aromatic carbocycles. The summed E-state index contributed by atoms with van der Waals surface area (Å²) in [5.74, 6) is -1.99. The molecular formula is C18H23NO5. The molecule has 0 spiro atoms. The summed E-state index contributed by atoms with van der Waals surface area (Å²) in [5.41, 5.74) is -0.262. The van der Waals surface area contributed by atoms with Crippen LogP contribution in [0, 0.1) is 0 Å². The van der Waals surface area contributed by atoms with Gasteiger partial charge in [-0.3, -0.25) is 4.79 Å². The van der Waals surface area contributed by atoms with Gasteiger partial charge in [0.05, 0.1) is 11.6 Å². The van der Waals surface area contributed by atoms with Crippen LogP contribution in [0.3, 0.4) is 0 Å². The molecule has 1 aliphatic rings. The first kappa shape index (κ1) is 18.0. The van der Waals surface area contributed by atoms with Crippen molar-refractivity contribution in [2.75, 3.05) is 13.2 Å². The van der Waals surface area contributed by atoms with Gasteiger partial charge < -0.3 is 14.4 Å². The number of rotatable bonds is 3. The summed E-state index contributed by atoms with van der Waals surface area (Å²) in [5, 5.41) is 0. The monoisotopic (exact) mass is 333 g/mol. The number of carbonyl (C=O) groups excluding carboxylic acids is 3. The lowest BCUT2D eigenvalue weighted by Crippen LogP contribution is -2.44. The molecule has 1 amide bonds. The van der Waals surface area contributed by atoms with E-state index >= 15 is 0 Å². The van der Waals surface area contributed by atoms with Crippen molar-refractivity contribution in [3.05, 3.63) is 35.9 Å². The van der Waals surface area contributed by atoms with Gasteiger partial charge in [0.15, 0.2) is 0 Å². The molecule has 2 rings (SSSR count). The first-order valence-corrected chi connectivity index (χ1v) is 8.04. The van der Waals surface area contributed by atoms with Crippen LogP contribution in [0.2, 0.25) is 0 Å². The maximum Gasteiger partial charge on any atom is 0.397 e. The highest BCUT2D eigenvalue weighted by Crippen LogP contribution is 2.19. The van der Waals surface area contributed by atoms with Crippen molar-refractivity contribution in [3.8, 4) is 0 Å². The first-order valence-electron chi connectivity index (χ1n) is 8.04. The standard InChI is InChI=1S/C18H23NO5/c1-18(2,3)24-17(22)15(20)19-11-7-10-14(19)12-23-16(21)13-8-5-4-6-9-13/h4-6,8-9,14H,7,10-12H2,1-3H3. The lowest BCUT2D eigenvalue weighted by molar-refractivity contribution is -0.168. The molecule has 0 radical (unpaired) electrons. The molecule has 0 bridgehead atoms. The molecule has 130 valence electrons. The maximum absolute atomic E-state index is 12.3. The van der Waals surface area contributed by atoms with Crippen LogP contribution in [-0.4, -0.2) is 47.5 Å². The number of benzene rings is 1. The number of carbonyl (C=O) groups is 3. The van der Waals surface area contributed by atoms with Gasteiger partial charge in [0.25, 0.3) is 0 Å². The van der Waals surface area contributed by atoms with E-state index in [4.69, 9.17) is 9.47 Å². The van der Waals surface area contributed by atoms with Crippen molar-refractivity contribution in [1.29, 1.82) is 0 Å². The summed E-state index contributed by atoms with van der Waals surface area (Å²) < 4.78 is 10.4. The van der Waals surface area contributed by atoms with Crippen molar-refractivity contribution in [2.24, 2.45) is 0 Å². The Kier molecular flexibility index (Phi) is 5.59. The Hall–Kier alpha value is -2.37. The zero-order valence-corrected chi connectivity index (χ0v) is 14.3. The third-order valence-electron chi connectivity index (χ3n) is 3.63. The molecule has 6 nitrogen and oxygen atoms in total. The van der Waals surface area contributed by atoms with Gasteiger partial charge in [0.2, 0.25) is 0 Å². The van der Waals surface area contributed by atoms with Gasteiger partial charge in [0.1, 0.15) is 12.2 Å². The highest BCUT2D eigenvalue weighted by atomic mass is 16.6. The Morgan fingerprint density at radius 3 is 2.46 bits per heavy atom. The van der Waals surface area contributed by atoms with E-state index in [0.29, 0.717) is 18.5 Å². The topological polar surface area (TPSA) is 72.9 Å². The Morgan fingerprint density at radius 2 is 1.83 bits per heavy atom. The second-order valence-corrected chi connectivity index (χ2v) is 6.76. The first-order chi connectivity index (χ1) is 11.3. The fourth-order valence-electron chi connectivity index (χ4n) is 2.54. The molecule has 0 aliphatic carbocycles. The number of ether oxygens (including phenoxy) is 2. The minimum Gasteiger partial charge on any atom is -0.460 e. The van der Waals surface area contributed by atoms with E-state index in [9.17, 15) is 14.4 Å². The van der Waals surface area contributed by atoms with Gasteiger partial charge in [-0.15, -0.1) is 0 Å². The molecule has 1 heterocycles. The van der Waals surface area contributed by atoms with Gasteiger partial charge in [0, 0.05) is 6.54 Å². The van der Waals surface area contributed by atoms with Crippen LogP contribution in [0.4, 0.5) is 0 Å². The number of likely N-dealkylation sites (tertiary alicyclic amines) is 1. The second kappa shape index (κ2) is 7.47. The second-order valence-electron chi connectivity index (χ2n) is 6.76. The van der Waals surface area contributed by atoms with Crippen molar-refractivity contribution < 1.29 is 23.9 Å². The Labute approximate surface area is 141 Å². The minimum atomic E-state index is -0.871. The summed E-state index contributed by atoms with van der Waals surface area (Å²) in [4.78, 5) is 37.6. The Balaban J connectivity index is 1.92. The molecule has 1 aromatic rings. The van der Waals surface area contributed by atoms with Crippen LogP contribution >= 0.6 is 0 Å². The van der Waals surface area contributed by atoms with Crippen molar-refractivity contribution in [2.45, 2.75) is 45.3 Å². The summed E-state index contributed by atoms with van der Waals surface area (Å²) >= 11 is 0. The average molecular weight is 333 g/mol. The van der Waals surface area contributed by atoms with Crippen molar-refractivity contribution in [1.82, 2.24) is 4.90 Å². The predicted octanol–water partition coefficient (Wildman–Crippen LogP) is 2.18. The normalized spacial score (nSPS) is 17.5. The van der Waals surface area contributed by atoms with E-state index in [0.717, 1.165) is 6.42 Å². The highest BCUT2D eigenvalue weighted by molar-refractivity contribution is 6.32. The van der Waals surface area contributed by atoms with Gasteiger partial charge in [-0.2, -0.15) is 0 Å². The molecule has 1 unspecified atom stereocenters. The van der Waals surface area contributed by atoms with E-state index in [1.807, 2.05) is 6.07 Å². The summed E-state index contributed by atoms with van der Waals surface area (Å²) in [7, 11) is 0. The molecule has 1 aliphatic heterocycles.